The number of fused-ring (bicyclic) bond motifs is 1. The summed E-state index contributed by atoms with van der Waals surface area (Å²) < 4.78 is 138. The molecule has 10 nitrogen and oxygen atoms in total. The number of nitrogens with zero attached hydrogens (tertiary/aromatic N) is 1. The molecule has 1 N–H and O–H groups in total. The van der Waals surface area contributed by atoms with E-state index >= 15 is 0 Å². The van der Waals surface area contributed by atoms with Crippen LogP contribution >= 0.6 is 0 Å². The molecule has 1 aliphatic rings. The number of rotatable bonds is 10. The summed E-state index contributed by atoms with van der Waals surface area (Å²) in [5, 5.41) is -7.57. The van der Waals surface area contributed by atoms with Crippen LogP contribution in [0.15, 0.2) is 106 Å². The first-order chi connectivity index (χ1) is 24.4. The predicted octanol–water partition coefficient (Wildman–Crippen LogP) is 7.25. The van der Waals surface area contributed by atoms with Gasteiger partial charge in [-0.25, -0.2) is 30.4 Å². The lowest BCUT2D eigenvalue weighted by atomic mass is 10.1. The van der Waals surface area contributed by atoms with Gasteiger partial charge in [-0.3, -0.25) is 14.5 Å². The Morgan fingerprint density at radius 2 is 1.08 bits per heavy atom. The Labute approximate surface area is 302 Å². The molecule has 18 heteroatoms. The Balaban J connectivity index is 0.000000288. The summed E-state index contributed by atoms with van der Waals surface area (Å²) >= 11 is 0. The first kappa shape index (κ1) is 42.4. The van der Waals surface area contributed by atoms with Gasteiger partial charge in [-0.2, -0.15) is 17.6 Å². The minimum absolute atomic E-state index is 0.0373. The lowest BCUT2D eigenvalue weighted by Gasteiger charge is -2.19. The lowest BCUT2D eigenvalue weighted by molar-refractivity contribution is 0.0531. The van der Waals surface area contributed by atoms with Gasteiger partial charge in [-0.1, -0.05) is 48.5 Å². The normalized spacial score (nSPS) is 14.4. The van der Waals surface area contributed by atoms with E-state index in [-0.39, 0.29) is 28.3 Å². The quantitative estimate of drug-likeness (QED) is 0.167. The molecule has 286 valence electrons. The topological polar surface area (TPSA) is 144 Å². The van der Waals surface area contributed by atoms with Crippen molar-refractivity contribution in [1.29, 1.82) is 0 Å². The number of amides is 3. The number of benzene rings is 3. The van der Waals surface area contributed by atoms with Crippen molar-refractivity contribution in [2.24, 2.45) is 0 Å². The minimum Gasteiger partial charge on any atom is -0.444 e. The average molecular weight is 789 g/mol. The van der Waals surface area contributed by atoms with Crippen molar-refractivity contribution in [2.45, 2.75) is 60.5 Å². The number of carbonyl (C=O) groups is 3. The SMILES string of the molecule is Cc1ccccc1S(=O)(=O)C(F)(F)/C(F)=C/CN1C(=O)c2ccccc2C1=O.Cc1ccccc1S(=O)(=O)C(F)(F)/C(F)=C/CNC(=O)OC(C)(C)C. The van der Waals surface area contributed by atoms with Crippen molar-refractivity contribution in [3.8, 4) is 0 Å². The molecule has 0 bridgehead atoms. The molecule has 4 rings (SSSR count). The van der Waals surface area contributed by atoms with Crippen LogP contribution < -0.4 is 5.32 Å². The molecule has 3 aromatic carbocycles. The zero-order valence-corrected chi connectivity index (χ0v) is 30.4. The Kier molecular flexibility index (Phi) is 12.8. The Hall–Kier alpha value is -4.97. The van der Waals surface area contributed by atoms with Crippen molar-refractivity contribution in [2.75, 3.05) is 13.1 Å². The zero-order chi connectivity index (χ0) is 40.2. The number of sulfone groups is 2. The van der Waals surface area contributed by atoms with E-state index in [1.54, 1.807) is 20.8 Å². The van der Waals surface area contributed by atoms with Crippen LogP contribution in [-0.4, -0.2) is 68.8 Å². The van der Waals surface area contributed by atoms with Gasteiger partial charge in [-0.15, -0.1) is 0 Å². The second-order valence-electron chi connectivity index (χ2n) is 12.3. The van der Waals surface area contributed by atoms with Crippen LogP contribution in [0, 0.1) is 13.8 Å². The standard InChI is InChI=1S/C19H14F3NO4S.C16H20F3NO4S/c1-12-6-2-5-9-15(12)28(26,27)19(21,22)16(20)10-11-23-17(24)13-7-3-4-8-14(13)18(23)25;1-11-7-5-6-8-12(11)25(22,23)16(18,19)13(17)9-10-20-14(21)24-15(2,3)4/h2-10H,11H2,1H3;5-9H,10H2,1-4H3,(H,20,21)/b16-10-;13-9-. The maximum atomic E-state index is 14.4. The van der Waals surface area contributed by atoms with E-state index in [0.717, 1.165) is 12.1 Å². The molecule has 0 saturated carbocycles. The van der Waals surface area contributed by atoms with E-state index in [9.17, 15) is 57.6 Å². The molecule has 1 aliphatic heterocycles. The summed E-state index contributed by atoms with van der Waals surface area (Å²) in [6.07, 6.45) is -0.418. The molecule has 0 aliphatic carbocycles. The highest BCUT2D eigenvalue weighted by Crippen LogP contribution is 2.39. The van der Waals surface area contributed by atoms with E-state index in [1.807, 2.05) is 5.32 Å². The number of aryl methyl sites for hydroxylation is 2. The fourth-order valence-corrected chi connectivity index (χ4v) is 7.33. The molecular formula is C35H34F6N2O8S2. The molecule has 0 atom stereocenters. The number of carbonyl (C=O) groups excluding carboxylic acids is 3. The Bertz CT molecular complexity index is 2150. The van der Waals surface area contributed by atoms with Crippen molar-refractivity contribution < 1.29 is 62.3 Å². The lowest BCUT2D eigenvalue weighted by Crippen LogP contribution is -2.34. The Morgan fingerprint density at radius 3 is 1.47 bits per heavy atom. The van der Waals surface area contributed by atoms with Crippen LogP contribution in [0.3, 0.4) is 0 Å². The summed E-state index contributed by atoms with van der Waals surface area (Å²) in [4.78, 5) is 34.9. The van der Waals surface area contributed by atoms with E-state index in [2.05, 4.69) is 0 Å². The van der Waals surface area contributed by atoms with Crippen LogP contribution in [-0.2, 0) is 24.4 Å². The van der Waals surface area contributed by atoms with Gasteiger partial charge in [0, 0.05) is 6.54 Å². The number of ether oxygens (including phenoxy) is 1. The van der Waals surface area contributed by atoms with Crippen LogP contribution in [0.5, 0.6) is 0 Å². The molecule has 3 amide bonds. The highest BCUT2D eigenvalue weighted by Gasteiger charge is 2.52. The van der Waals surface area contributed by atoms with Crippen LogP contribution in [0.1, 0.15) is 52.6 Å². The number of imide groups is 1. The van der Waals surface area contributed by atoms with Gasteiger partial charge in [0.1, 0.15) is 5.60 Å². The Morgan fingerprint density at radius 1 is 0.698 bits per heavy atom. The molecule has 3 aromatic rings. The van der Waals surface area contributed by atoms with Crippen LogP contribution in [0.2, 0.25) is 0 Å². The minimum atomic E-state index is -5.36. The highest BCUT2D eigenvalue weighted by molar-refractivity contribution is 7.93. The number of halogens is 6. The monoisotopic (exact) mass is 788 g/mol. The molecule has 0 unspecified atom stereocenters. The number of alkyl halides is 4. The van der Waals surface area contributed by atoms with Gasteiger partial charge >= 0.3 is 16.6 Å². The van der Waals surface area contributed by atoms with E-state index < -0.39 is 88.2 Å². The summed E-state index contributed by atoms with van der Waals surface area (Å²) in [5.74, 6) is -5.97. The average Bonchev–Trinajstić information content (AvgIpc) is 3.31. The van der Waals surface area contributed by atoms with Gasteiger partial charge < -0.3 is 10.1 Å². The molecule has 0 aromatic heterocycles. The molecular weight excluding hydrogens is 755 g/mol. The first-order valence-electron chi connectivity index (χ1n) is 15.4. The van der Waals surface area contributed by atoms with Crippen molar-refractivity contribution in [3.63, 3.8) is 0 Å². The van der Waals surface area contributed by atoms with Crippen molar-refractivity contribution in [1.82, 2.24) is 10.2 Å². The first-order valence-corrected chi connectivity index (χ1v) is 18.3. The molecule has 0 spiro atoms. The van der Waals surface area contributed by atoms with E-state index in [1.165, 1.54) is 74.5 Å². The van der Waals surface area contributed by atoms with Gasteiger partial charge in [-0.05, 0) is 82.2 Å². The molecule has 0 radical (unpaired) electrons. The summed E-state index contributed by atoms with van der Waals surface area (Å²) in [7, 11) is -10.6. The van der Waals surface area contributed by atoms with Crippen molar-refractivity contribution >= 4 is 37.6 Å². The van der Waals surface area contributed by atoms with E-state index in [4.69, 9.17) is 4.74 Å². The number of hydrogen-bond donors (Lipinski definition) is 1. The number of alkyl carbamates (subject to hydrolysis) is 1. The third kappa shape index (κ3) is 9.16. The fourth-order valence-electron chi connectivity index (χ4n) is 4.60. The highest BCUT2D eigenvalue weighted by atomic mass is 32.2. The summed E-state index contributed by atoms with van der Waals surface area (Å²) in [6.45, 7) is 5.93. The maximum Gasteiger partial charge on any atom is 0.407 e. The third-order valence-corrected chi connectivity index (χ3v) is 11.1. The smallest absolute Gasteiger partial charge is 0.407 e. The van der Waals surface area contributed by atoms with Crippen LogP contribution in [0.25, 0.3) is 0 Å². The molecule has 0 saturated heterocycles. The largest absolute Gasteiger partial charge is 0.444 e. The van der Waals surface area contributed by atoms with Gasteiger partial charge in [0.05, 0.1) is 27.5 Å². The zero-order valence-electron chi connectivity index (χ0n) is 28.8. The van der Waals surface area contributed by atoms with Gasteiger partial charge in [0.15, 0.2) is 11.7 Å². The second-order valence-corrected chi connectivity index (χ2v) is 16.2. The molecule has 0 fully saturated rings. The van der Waals surface area contributed by atoms with E-state index in [0.29, 0.717) is 11.0 Å². The molecule has 53 heavy (non-hydrogen) atoms. The van der Waals surface area contributed by atoms with Crippen LogP contribution in [0.4, 0.5) is 31.1 Å². The van der Waals surface area contributed by atoms with Gasteiger partial charge in [0.25, 0.3) is 31.5 Å². The summed E-state index contributed by atoms with van der Waals surface area (Å²) in [5.41, 5.74) is -0.567. The number of hydrogen-bond acceptors (Lipinski definition) is 8. The van der Waals surface area contributed by atoms with Crippen molar-refractivity contribution in [3.05, 3.63) is 119 Å². The molecule has 1 heterocycles. The van der Waals surface area contributed by atoms with Gasteiger partial charge in [0.2, 0.25) is 0 Å². The maximum absolute atomic E-state index is 14.4. The number of nitrogens with one attached hydrogen (secondary N) is 1. The second kappa shape index (κ2) is 16.0. The summed E-state index contributed by atoms with van der Waals surface area (Å²) in [6, 6.07) is 15.8. The third-order valence-electron chi connectivity index (χ3n) is 7.26. The fraction of sp³-hybridized carbons (Fsp3) is 0.286. The predicted molar refractivity (Wildman–Crippen MR) is 181 cm³/mol.